The number of carbonyl (C=O) groups is 1. The van der Waals surface area contributed by atoms with E-state index in [1.54, 1.807) is 0 Å². The van der Waals surface area contributed by atoms with Crippen molar-refractivity contribution in [3.05, 3.63) is 65.2 Å². The number of fused-ring (bicyclic) bond motifs is 1. The number of ether oxygens (including phenoxy) is 2. The molecule has 1 N–H and O–H groups in total. The van der Waals surface area contributed by atoms with Crippen LogP contribution in [-0.2, 0) is 29.0 Å². The molecule has 0 bridgehead atoms. The summed E-state index contributed by atoms with van der Waals surface area (Å²) in [6.07, 6.45) is 0.445. The molecule has 0 unspecified atom stereocenters. The number of hydrogen-bond acceptors (Lipinski definition) is 6. The van der Waals surface area contributed by atoms with Crippen LogP contribution >= 0.6 is 0 Å². The molecule has 29 heavy (non-hydrogen) atoms. The number of aliphatic hydroxyl groups excluding tert-OH is 1. The fourth-order valence-corrected chi connectivity index (χ4v) is 3.65. The molecule has 1 aliphatic heterocycles. The van der Waals surface area contributed by atoms with E-state index in [1.165, 1.54) is 18.2 Å². The fourth-order valence-electron chi connectivity index (χ4n) is 3.65. The Morgan fingerprint density at radius 1 is 1.17 bits per heavy atom. The van der Waals surface area contributed by atoms with Gasteiger partial charge in [0.05, 0.1) is 13.7 Å². The van der Waals surface area contributed by atoms with Crippen LogP contribution in [0.1, 0.15) is 16.7 Å². The van der Waals surface area contributed by atoms with Crippen LogP contribution in [0.5, 0.6) is 5.75 Å². The van der Waals surface area contributed by atoms with Crippen LogP contribution in [0.4, 0.5) is 0 Å². The number of benzene rings is 2. The first-order valence-corrected chi connectivity index (χ1v) is 9.98. The molecule has 1 aliphatic rings. The van der Waals surface area contributed by atoms with Gasteiger partial charge in [0.25, 0.3) is 0 Å². The molecule has 156 valence electrons. The Bertz CT molecular complexity index is 811. The van der Waals surface area contributed by atoms with Gasteiger partial charge >= 0.3 is 5.97 Å². The Labute approximate surface area is 172 Å². The molecule has 0 aromatic heterocycles. The van der Waals surface area contributed by atoms with Crippen molar-refractivity contribution in [2.45, 2.75) is 25.6 Å². The van der Waals surface area contributed by atoms with Crippen LogP contribution in [0.25, 0.3) is 0 Å². The van der Waals surface area contributed by atoms with Gasteiger partial charge in [0.1, 0.15) is 18.5 Å². The molecule has 0 fully saturated rings. The topological polar surface area (TPSA) is 62.2 Å². The summed E-state index contributed by atoms with van der Waals surface area (Å²) in [7, 11) is 3.24. The number of carbonyl (C=O) groups excluding carboxylic acids is 1. The molecule has 0 amide bonds. The van der Waals surface area contributed by atoms with E-state index in [0.717, 1.165) is 30.8 Å². The molecule has 0 aliphatic carbocycles. The van der Waals surface area contributed by atoms with Crippen LogP contribution < -0.4 is 4.74 Å². The SMILES string of the molecule is COC(=O)CN(C)Cc1ccccc1OC[C@@H](O)CN1CCc2ccccc2C1. The zero-order valence-electron chi connectivity index (χ0n) is 17.2. The maximum Gasteiger partial charge on any atom is 0.319 e. The third kappa shape index (κ3) is 6.29. The van der Waals surface area contributed by atoms with Gasteiger partial charge in [-0.25, -0.2) is 0 Å². The summed E-state index contributed by atoms with van der Waals surface area (Å²) >= 11 is 0. The van der Waals surface area contributed by atoms with Gasteiger partial charge in [-0.1, -0.05) is 42.5 Å². The highest BCUT2D eigenvalue weighted by atomic mass is 16.5. The van der Waals surface area contributed by atoms with Gasteiger partial charge in [0.15, 0.2) is 0 Å². The number of hydrogen-bond donors (Lipinski definition) is 1. The normalized spacial score (nSPS) is 15.0. The monoisotopic (exact) mass is 398 g/mol. The van der Waals surface area contributed by atoms with Crippen molar-refractivity contribution in [3.8, 4) is 5.75 Å². The summed E-state index contributed by atoms with van der Waals surface area (Å²) in [5.74, 6) is 0.455. The van der Waals surface area contributed by atoms with Crippen LogP contribution in [0, 0.1) is 0 Å². The smallest absolute Gasteiger partial charge is 0.319 e. The molecule has 0 saturated carbocycles. The zero-order chi connectivity index (χ0) is 20.6. The minimum Gasteiger partial charge on any atom is -0.491 e. The van der Waals surface area contributed by atoms with E-state index in [4.69, 9.17) is 9.47 Å². The second-order valence-electron chi connectivity index (χ2n) is 7.57. The standard InChI is InChI=1S/C23H30N2O4/c1-24(16-23(27)28-2)13-20-9-5-6-10-22(20)29-17-21(26)15-25-12-11-18-7-3-4-8-19(18)14-25/h3-10,21,26H,11-17H2,1-2H3/t21-/m0/s1. The van der Waals surface area contributed by atoms with Crippen LogP contribution in [-0.4, -0.2) is 67.4 Å². The molecule has 6 heteroatoms. The maximum atomic E-state index is 11.4. The third-order valence-corrected chi connectivity index (χ3v) is 5.15. The van der Waals surface area contributed by atoms with E-state index < -0.39 is 6.10 Å². The second-order valence-corrected chi connectivity index (χ2v) is 7.57. The van der Waals surface area contributed by atoms with E-state index in [2.05, 4.69) is 29.2 Å². The molecule has 3 rings (SSSR count). The Morgan fingerprint density at radius 2 is 1.90 bits per heavy atom. The van der Waals surface area contributed by atoms with E-state index in [-0.39, 0.29) is 19.1 Å². The zero-order valence-corrected chi connectivity index (χ0v) is 17.2. The molecule has 2 aromatic rings. The van der Waals surface area contributed by atoms with Crippen LogP contribution in [0.15, 0.2) is 48.5 Å². The Hall–Kier alpha value is -2.41. The lowest BCUT2D eigenvalue weighted by molar-refractivity contribution is -0.141. The van der Waals surface area contributed by atoms with Gasteiger partial charge in [-0.3, -0.25) is 14.6 Å². The van der Waals surface area contributed by atoms with Crippen LogP contribution in [0.3, 0.4) is 0 Å². The first-order chi connectivity index (χ1) is 14.0. The van der Waals surface area contributed by atoms with Crippen molar-refractivity contribution in [3.63, 3.8) is 0 Å². The van der Waals surface area contributed by atoms with Crippen molar-refractivity contribution in [2.24, 2.45) is 0 Å². The molecule has 0 saturated heterocycles. The van der Waals surface area contributed by atoms with Gasteiger partial charge in [0, 0.05) is 31.7 Å². The van der Waals surface area contributed by atoms with Gasteiger partial charge in [0.2, 0.25) is 0 Å². The average molecular weight is 399 g/mol. The van der Waals surface area contributed by atoms with E-state index in [0.29, 0.717) is 13.1 Å². The summed E-state index contributed by atoms with van der Waals surface area (Å²) in [6, 6.07) is 16.2. The molecule has 0 radical (unpaired) electrons. The van der Waals surface area contributed by atoms with Gasteiger partial charge in [-0.05, 0) is 30.7 Å². The highest BCUT2D eigenvalue weighted by molar-refractivity contribution is 5.71. The molecule has 0 spiro atoms. The number of methoxy groups -OCH3 is 1. The van der Waals surface area contributed by atoms with Crippen molar-refractivity contribution >= 4 is 5.97 Å². The quantitative estimate of drug-likeness (QED) is 0.653. The summed E-state index contributed by atoms with van der Waals surface area (Å²) < 4.78 is 10.6. The Morgan fingerprint density at radius 3 is 2.69 bits per heavy atom. The number of esters is 1. The highest BCUT2D eigenvalue weighted by Crippen LogP contribution is 2.21. The first kappa shape index (κ1) is 21.3. The third-order valence-electron chi connectivity index (χ3n) is 5.15. The van der Waals surface area contributed by atoms with Crippen molar-refractivity contribution < 1.29 is 19.4 Å². The van der Waals surface area contributed by atoms with Gasteiger partial charge in [-0.15, -0.1) is 0 Å². The summed E-state index contributed by atoms with van der Waals surface area (Å²) in [6.45, 7) is 3.40. The lowest BCUT2D eigenvalue weighted by Crippen LogP contribution is -2.38. The lowest BCUT2D eigenvalue weighted by Gasteiger charge is -2.30. The number of β-amino-alcohol motifs (C(OH)–C–C–N with tert-alkyl or cyclic N) is 1. The van der Waals surface area contributed by atoms with Crippen LogP contribution in [0.2, 0.25) is 0 Å². The fraction of sp³-hybridized carbons (Fsp3) is 0.435. The summed E-state index contributed by atoms with van der Waals surface area (Å²) in [5, 5.41) is 10.5. The molecular formula is C23H30N2O4. The summed E-state index contributed by atoms with van der Waals surface area (Å²) in [4.78, 5) is 15.6. The highest BCUT2D eigenvalue weighted by Gasteiger charge is 2.19. The number of rotatable bonds is 9. The molecule has 1 heterocycles. The number of aliphatic hydroxyl groups is 1. The predicted molar refractivity (Wildman–Crippen MR) is 112 cm³/mol. The number of nitrogens with zero attached hydrogens (tertiary/aromatic N) is 2. The van der Waals surface area contributed by atoms with Crippen molar-refractivity contribution in [2.75, 3.05) is 40.4 Å². The van der Waals surface area contributed by atoms with Crippen molar-refractivity contribution in [1.29, 1.82) is 0 Å². The van der Waals surface area contributed by atoms with E-state index in [9.17, 15) is 9.90 Å². The predicted octanol–water partition coefficient (Wildman–Crippen LogP) is 2.09. The Kier molecular flexibility index (Phi) is 7.63. The van der Waals surface area contributed by atoms with Gasteiger partial charge in [-0.2, -0.15) is 0 Å². The number of likely N-dealkylation sites (N-methyl/N-ethyl adjacent to an activating group) is 1. The second kappa shape index (κ2) is 10.4. The largest absolute Gasteiger partial charge is 0.491 e. The number of para-hydroxylation sites is 1. The van der Waals surface area contributed by atoms with Gasteiger partial charge < -0.3 is 14.6 Å². The molecule has 1 atom stereocenters. The minimum absolute atomic E-state index is 0.212. The van der Waals surface area contributed by atoms with E-state index in [1.807, 2.05) is 36.2 Å². The molecule has 6 nitrogen and oxygen atoms in total. The average Bonchev–Trinajstić information content (AvgIpc) is 2.73. The molecule has 2 aromatic carbocycles. The molecular weight excluding hydrogens is 368 g/mol. The van der Waals surface area contributed by atoms with Crippen molar-refractivity contribution in [1.82, 2.24) is 9.80 Å². The van der Waals surface area contributed by atoms with E-state index >= 15 is 0 Å². The Balaban J connectivity index is 1.50. The lowest BCUT2D eigenvalue weighted by atomic mass is 10.00. The first-order valence-electron chi connectivity index (χ1n) is 9.98. The summed E-state index contributed by atoms with van der Waals surface area (Å²) in [5.41, 5.74) is 3.71. The maximum absolute atomic E-state index is 11.4. The minimum atomic E-state index is -0.568.